The van der Waals surface area contributed by atoms with Gasteiger partial charge in [-0.15, -0.1) is 11.3 Å². The molecule has 2 aliphatic carbocycles. The van der Waals surface area contributed by atoms with Crippen molar-refractivity contribution in [2.24, 2.45) is 5.92 Å². The van der Waals surface area contributed by atoms with Crippen molar-refractivity contribution in [3.63, 3.8) is 0 Å². The van der Waals surface area contributed by atoms with E-state index < -0.39 is 80.1 Å². The Bertz CT molecular complexity index is 2540. The second-order valence-electron chi connectivity index (χ2n) is 20.3. The molecule has 2 saturated carbocycles. The molecule has 0 radical (unpaired) electrons. The molecule has 3 aliphatic heterocycles. The number of aromatic nitrogens is 2. The zero-order valence-electron chi connectivity index (χ0n) is 40.3. The number of nitrogens with one attached hydrogen (secondary N) is 2. The minimum atomic E-state index is -3.93. The van der Waals surface area contributed by atoms with E-state index in [1.165, 1.54) is 28.2 Å². The summed E-state index contributed by atoms with van der Waals surface area (Å²) >= 11 is 8.60. The smallest absolute Gasteiger partial charge is 0.411 e. The molecule has 5 aliphatic rings. The summed E-state index contributed by atoms with van der Waals surface area (Å²) in [4.78, 5) is 73.1. The van der Waals surface area contributed by atoms with E-state index in [9.17, 15) is 22.8 Å². The SMILES string of the molecule is CC[C@@H]1C[C@]1(NC(=O)[C@@H]1C[C@@H](Oc2cc(-c3nc(C(C)C)cs3)nc3c(Cl)c(OCCN4CCOCC4)ccc23)[C@H]2CN(C(=O)OC(C)(C)C)[C@H](C(C)(C)OC)C(=O)N21)C(=O)NS(=O)(=O)C1CC1. The quantitative estimate of drug-likeness (QED) is 0.182. The monoisotopic (exact) mass is 1000 g/mol. The maximum atomic E-state index is 15.2. The number of ether oxygens (including phenoxy) is 5. The van der Waals surface area contributed by atoms with E-state index in [1.54, 1.807) is 46.8 Å². The number of hydrogen-bond donors (Lipinski definition) is 2. The lowest BCUT2D eigenvalue weighted by atomic mass is 9.91. The molecule has 5 fully saturated rings. The number of amides is 4. The Morgan fingerprint density at radius 3 is 2.41 bits per heavy atom. The Labute approximate surface area is 407 Å². The van der Waals surface area contributed by atoms with E-state index >= 15 is 4.79 Å². The normalized spacial score (nSPS) is 25.6. The fourth-order valence-corrected chi connectivity index (χ4v) is 12.0. The first kappa shape index (κ1) is 50.1. The van der Waals surface area contributed by atoms with Crippen LogP contribution in [0.1, 0.15) is 99.1 Å². The first-order valence-electron chi connectivity index (χ1n) is 23.5. The lowest BCUT2D eigenvalue weighted by Gasteiger charge is -2.49. The van der Waals surface area contributed by atoms with Crippen molar-refractivity contribution in [2.45, 2.75) is 140 Å². The summed E-state index contributed by atoms with van der Waals surface area (Å²) in [5.41, 5.74) is -1.94. The van der Waals surface area contributed by atoms with Gasteiger partial charge in [0.15, 0.2) is 0 Å². The molecule has 0 unspecified atom stereocenters. The molecule has 372 valence electrons. The van der Waals surface area contributed by atoms with Gasteiger partial charge in [-0.3, -0.25) is 28.9 Å². The van der Waals surface area contributed by atoms with Gasteiger partial charge in [-0.05, 0) is 77.8 Å². The Hall–Kier alpha value is -4.34. The van der Waals surface area contributed by atoms with E-state index in [1.807, 2.05) is 18.4 Å². The lowest BCUT2D eigenvalue weighted by molar-refractivity contribution is -0.163. The molecule has 18 nitrogen and oxygen atoms in total. The molecule has 2 aromatic heterocycles. The zero-order chi connectivity index (χ0) is 49.1. The molecule has 3 saturated heterocycles. The maximum Gasteiger partial charge on any atom is 0.411 e. The maximum absolute atomic E-state index is 15.2. The summed E-state index contributed by atoms with van der Waals surface area (Å²) in [7, 11) is -2.49. The van der Waals surface area contributed by atoms with Gasteiger partial charge in [0, 0.05) is 56.5 Å². The number of piperazine rings is 1. The van der Waals surface area contributed by atoms with Crippen LogP contribution in [0.15, 0.2) is 23.6 Å². The fourth-order valence-electron chi connectivity index (χ4n) is 9.41. The van der Waals surface area contributed by atoms with Crippen molar-refractivity contribution in [3.8, 4) is 22.2 Å². The van der Waals surface area contributed by atoms with Gasteiger partial charge in [0.25, 0.3) is 5.91 Å². The fraction of sp³-hybridized carbons (Fsp3) is 0.660. The number of thiazole rings is 1. The van der Waals surface area contributed by atoms with Crippen LogP contribution in [0.3, 0.4) is 0 Å². The standard InChI is InChI=1S/C47H64ClN7O11S2/c1-10-27-23-47(27,43(58)52-68(60,61)28-11-12-28)51-40(56)32-22-36(33-24-54(44(59)66-45(4,5)6)39(42(57)55(32)33)46(7,8)62-9)65-35-21-30(41-50-31(25-67-41)26(2)3)49-38-29(35)13-14-34(37(38)48)64-20-17-53-15-18-63-19-16-53/h13-14,21,25-28,32-33,36,39H,10-12,15-20,22-24H2,1-9H3,(H,51,56)(H,52,58)/t27-,32+,33-,36-,39+,47-/m1/s1. The van der Waals surface area contributed by atoms with Crippen LogP contribution in [0, 0.1) is 5.92 Å². The predicted molar refractivity (Wildman–Crippen MR) is 255 cm³/mol. The number of carbonyl (C=O) groups excluding carboxylic acids is 4. The van der Waals surface area contributed by atoms with Crippen LogP contribution in [-0.2, 0) is 38.6 Å². The van der Waals surface area contributed by atoms with Crippen LogP contribution in [0.2, 0.25) is 5.02 Å². The van der Waals surface area contributed by atoms with Crippen LogP contribution in [0.5, 0.6) is 11.5 Å². The molecule has 0 bridgehead atoms. The van der Waals surface area contributed by atoms with E-state index in [0.29, 0.717) is 78.7 Å². The van der Waals surface area contributed by atoms with E-state index in [4.69, 9.17) is 45.3 Å². The number of rotatable bonds is 16. The third kappa shape index (κ3) is 10.1. The number of carbonyl (C=O) groups is 4. The summed E-state index contributed by atoms with van der Waals surface area (Å²) in [5, 5.41) is 5.66. The molecule has 2 N–H and O–H groups in total. The number of pyridine rings is 1. The molecule has 21 heteroatoms. The Morgan fingerprint density at radius 2 is 1.79 bits per heavy atom. The Morgan fingerprint density at radius 1 is 1.07 bits per heavy atom. The highest BCUT2D eigenvalue weighted by atomic mass is 35.5. The van der Waals surface area contributed by atoms with Crippen LogP contribution >= 0.6 is 22.9 Å². The van der Waals surface area contributed by atoms with Gasteiger partial charge in [-0.1, -0.05) is 38.8 Å². The number of sulfonamides is 1. The summed E-state index contributed by atoms with van der Waals surface area (Å²) in [6.45, 7) is 18.4. The summed E-state index contributed by atoms with van der Waals surface area (Å²) in [6, 6.07) is 1.95. The minimum Gasteiger partial charge on any atom is -0.491 e. The molecular weight excluding hydrogens is 938 g/mol. The summed E-state index contributed by atoms with van der Waals surface area (Å²) in [5.74, 6) is -1.47. The molecule has 5 heterocycles. The highest BCUT2D eigenvalue weighted by Crippen LogP contribution is 2.48. The van der Waals surface area contributed by atoms with Crippen molar-refractivity contribution in [2.75, 3.05) is 53.1 Å². The predicted octanol–water partition coefficient (Wildman–Crippen LogP) is 5.50. The van der Waals surface area contributed by atoms with Crippen molar-refractivity contribution in [1.29, 1.82) is 0 Å². The van der Waals surface area contributed by atoms with Crippen molar-refractivity contribution < 1.29 is 51.3 Å². The number of nitrogens with zero attached hydrogens (tertiary/aromatic N) is 5. The molecule has 68 heavy (non-hydrogen) atoms. The molecular formula is C47H64ClN7O11S2. The average molecular weight is 1000 g/mol. The van der Waals surface area contributed by atoms with E-state index in [0.717, 1.165) is 18.8 Å². The molecule has 3 aromatic rings. The number of halogens is 1. The van der Waals surface area contributed by atoms with Crippen molar-refractivity contribution in [3.05, 3.63) is 34.3 Å². The van der Waals surface area contributed by atoms with Crippen LogP contribution in [0.4, 0.5) is 4.79 Å². The highest BCUT2D eigenvalue weighted by Gasteiger charge is 2.64. The molecule has 8 rings (SSSR count). The number of fused-ring (bicyclic) bond motifs is 2. The molecule has 6 atom stereocenters. The highest BCUT2D eigenvalue weighted by molar-refractivity contribution is 7.91. The van der Waals surface area contributed by atoms with Gasteiger partial charge in [-0.25, -0.2) is 23.2 Å². The first-order chi connectivity index (χ1) is 32.1. The average Bonchev–Trinajstić information content (AvgIpc) is 4.18. The van der Waals surface area contributed by atoms with Crippen molar-refractivity contribution >= 4 is 67.7 Å². The third-order valence-corrected chi connectivity index (χ3v) is 16.7. The van der Waals surface area contributed by atoms with Crippen LogP contribution in [-0.4, -0.2) is 156 Å². The molecule has 1 aromatic carbocycles. The lowest BCUT2D eigenvalue weighted by Crippen LogP contribution is -2.71. The summed E-state index contributed by atoms with van der Waals surface area (Å²) < 4.78 is 58.7. The number of benzene rings is 1. The zero-order valence-corrected chi connectivity index (χ0v) is 42.6. The van der Waals surface area contributed by atoms with Crippen molar-refractivity contribution in [1.82, 2.24) is 34.7 Å². The Balaban J connectivity index is 1.18. The van der Waals surface area contributed by atoms with Crippen LogP contribution in [0.25, 0.3) is 21.6 Å². The van der Waals surface area contributed by atoms with E-state index in [-0.39, 0.29) is 36.2 Å². The van der Waals surface area contributed by atoms with Gasteiger partial charge in [-0.2, -0.15) is 0 Å². The minimum absolute atomic E-state index is 0.0657. The van der Waals surface area contributed by atoms with Gasteiger partial charge in [0.1, 0.15) is 63.2 Å². The second kappa shape index (κ2) is 19.1. The molecule has 4 amide bonds. The second-order valence-corrected chi connectivity index (χ2v) is 23.5. The number of morpholine rings is 1. The van der Waals surface area contributed by atoms with E-state index in [2.05, 4.69) is 28.8 Å². The topological polar surface area (TPSA) is 208 Å². The van der Waals surface area contributed by atoms with Gasteiger partial charge < -0.3 is 33.9 Å². The largest absolute Gasteiger partial charge is 0.491 e. The van der Waals surface area contributed by atoms with Gasteiger partial charge in [0.05, 0.1) is 41.3 Å². The number of methoxy groups -OCH3 is 1. The Kier molecular flexibility index (Phi) is 14.1. The molecule has 0 spiro atoms. The third-order valence-electron chi connectivity index (χ3n) is 13.7. The number of hydrogen-bond acceptors (Lipinski definition) is 15. The van der Waals surface area contributed by atoms with Crippen LogP contribution < -0.4 is 19.5 Å². The summed E-state index contributed by atoms with van der Waals surface area (Å²) in [6.07, 6.45) is -0.134. The van der Waals surface area contributed by atoms with Gasteiger partial charge >= 0.3 is 6.09 Å². The first-order valence-corrected chi connectivity index (χ1v) is 26.3. The van der Waals surface area contributed by atoms with Gasteiger partial charge in [0.2, 0.25) is 21.8 Å².